The normalized spacial score (nSPS) is 12.6. The van der Waals surface area contributed by atoms with Gasteiger partial charge in [0, 0.05) is 5.56 Å². The van der Waals surface area contributed by atoms with Crippen molar-refractivity contribution in [1.29, 1.82) is 0 Å². The minimum absolute atomic E-state index is 0.0459. The smallest absolute Gasteiger partial charge is 0.211 e. The second-order valence-corrected chi connectivity index (χ2v) is 4.77. The van der Waals surface area contributed by atoms with E-state index in [0.717, 1.165) is 13.0 Å². The van der Waals surface area contributed by atoms with Crippen LogP contribution in [0.25, 0.3) is 11.3 Å². The van der Waals surface area contributed by atoms with Gasteiger partial charge in [0.05, 0.1) is 17.3 Å². The molecule has 1 unspecified atom stereocenters. The molecule has 0 radical (unpaired) electrons. The number of rotatable bonds is 5. The van der Waals surface area contributed by atoms with Crippen molar-refractivity contribution >= 4 is 11.6 Å². The summed E-state index contributed by atoms with van der Waals surface area (Å²) in [6.07, 6.45) is 2.68. The summed E-state index contributed by atoms with van der Waals surface area (Å²) >= 11 is 5.75. The zero-order valence-corrected chi connectivity index (χ0v) is 11.7. The van der Waals surface area contributed by atoms with Gasteiger partial charge in [-0.2, -0.15) is 0 Å². The van der Waals surface area contributed by atoms with Gasteiger partial charge < -0.3 is 9.73 Å². The van der Waals surface area contributed by atoms with Crippen LogP contribution in [0.15, 0.2) is 28.8 Å². The highest BCUT2D eigenvalue weighted by atomic mass is 35.5. The monoisotopic (exact) mass is 282 g/mol. The van der Waals surface area contributed by atoms with Crippen LogP contribution in [-0.2, 0) is 0 Å². The first-order valence-electron chi connectivity index (χ1n) is 6.26. The molecular weight excluding hydrogens is 267 g/mol. The maximum absolute atomic E-state index is 13.1. The maximum Gasteiger partial charge on any atom is 0.211 e. The van der Waals surface area contributed by atoms with Crippen LogP contribution in [0.5, 0.6) is 0 Å². The summed E-state index contributed by atoms with van der Waals surface area (Å²) in [5.74, 6) is 0.758. The number of nitrogens with zero attached hydrogens (tertiary/aromatic N) is 1. The van der Waals surface area contributed by atoms with Crippen molar-refractivity contribution in [3.05, 3.63) is 41.1 Å². The van der Waals surface area contributed by atoms with E-state index in [4.69, 9.17) is 16.0 Å². The molecule has 1 aromatic carbocycles. The Labute approximate surface area is 116 Å². The summed E-state index contributed by atoms with van der Waals surface area (Å²) in [4.78, 5) is 4.23. The number of aromatic nitrogens is 1. The molecule has 2 aromatic rings. The Bertz CT molecular complexity index is 556. The highest BCUT2D eigenvalue weighted by Crippen LogP contribution is 2.26. The quantitative estimate of drug-likeness (QED) is 0.893. The first kappa shape index (κ1) is 14.0. The molecular formula is C14H16ClFN2O. The zero-order chi connectivity index (χ0) is 13.8. The van der Waals surface area contributed by atoms with Gasteiger partial charge in [0.15, 0.2) is 5.76 Å². The molecule has 0 aliphatic rings. The van der Waals surface area contributed by atoms with Crippen LogP contribution >= 0.6 is 11.6 Å². The van der Waals surface area contributed by atoms with Crippen LogP contribution in [0, 0.1) is 5.82 Å². The Balaban J connectivity index is 2.18. The van der Waals surface area contributed by atoms with E-state index >= 15 is 0 Å². The minimum Gasteiger partial charge on any atom is -0.439 e. The average molecular weight is 283 g/mol. The van der Waals surface area contributed by atoms with Gasteiger partial charge >= 0.3 is 0 Å². The molecule has 102 valence electrons. The largest absolute Gasteiger partial charge is 0.439 e. The number of nitrogens with one attached hydrogen (secondary N) is 1. The third-order valence-electron chi connectivity index (χ3n) is 2.80. The van der Waals surface area contributed by atoms with E-state index in [1.165, 1.54) is 12.1 Å². The molecule has 0 amide bonds. The van der Waals surface area contributed by atoms with Crippen molar-refractivity contribution in [2.75, 3.05) is 6.54 Å². The number of hydrogen-bond acceptors (Lipinski definition) is 3. The lowest BCUT2D eigenvalue weighted by molar-refractivity contribution is 0.423. The highest BCUT2D eigenvalue weighted by molar-refractivity contribution is 6.31. The maximum atomic E-state index is 13.1. The van der Waals surface area contributed by atoms with Crippen molar-refractivity contribution in [1.82, 2.24) is 10.3 Å². The van der Waals surface area contributed by atoms with Crippen LogP contribution in [0.4, 0.5) is 4.39 Å². The summed E-state index contributed by atoms with van der Waals surface area (Å²) in [6.45, 7) is 4.99. The molecule has 0 fully saturated rings. The molecule has 1 heterocycles. The third kappa shape index (κ3) is 3.33. The van der Waals surface area contributed by atoms with E-state index in [0.29, 0.717) is 17.2 Å². The lowest BCUT2D eigenvalue weighted by Gasteiger charge is -2.08. The first-order valence-corrected chi connectivity index (χ1v) is 6.64. The Morgan fingerprint density at radius 3 is 2.95 bits per heavy atom. The summed E-state index contributed by atoms with van der Waals surface area (Å²) < 4.78 is 18.8. The lowest BCUT2D eigenvalue weighted by atomic mass is 10.2. The van der Waals surface area contributed by atoms with Crippen LogP contribution in [-0.4, -0.2) is 11.5 Å². The first-order chi connectivity index (χ1) is 9.11. The van der Waals surface area contributed by atoms with Crippen molar-refractivity contribution < 1.29 is 8.81 Å². The molecule has 19 heavy (non-hydrogen) atoms. The van der Waals surface area contributed by atoms with Crippen LogP contribution in [0.3, 0.4) is 0 Å². The van der Waals surface area contributed by atoms with Gasteiger partial charge in [-0.3, -0.25) is 0 Å². The fourth-order valence-corrected chi connectivity index (χ4v) is 1.90. The molecule has 0 saturated heterocycles. The van der Waals surface area contributed by atoms with Gasteiger partial charge in [-0.1, -0.05) is 18.5 Å². The van der Waals surface area contributed by atoms with Gasteiger partial charge in [0.25, 0.3) is 0 Å². The van der Waals surface area contributed by atoms with Gasteiger partial charge in [0.1, 0.15) is 5.82 Å². The third-order valence-corrected chi connectivity index (χ3v) is 3.09. The van der Waals surface area contributed by atoms with Crippen molar-refractivity contribution in [3.63, 3.8) is 0 Å². The van der Waals surface area contributed by atoms with Crippen molar-refractivity contribution in [3.8, 4) is 11.3 Å². The molecule has 2 rings (SSSR count). The van der Waals surface area contributed by atoms with Crippen molar-refractivity contribution in [2.24, 2.45) is 0 Å². The van der Waals surface area contributed by atoms with Crippen LogP contribution in [0.1, 0.15) is 32.2 Å². The Kier molecular flexibility index (Phi) is 4.56. The predicted molar refractivity (Wildman–Crippen MR) is 73.6 cm³/mol. The summed E-state index contributed by atoms with van der Waals surface area (Å²) in [7, 11) is 0. The topological polar surface area (TPSA) is 38.1 Å². The van der Waals surface area contributed by atoms with Gasteiger partial charge in [0.2, 0.25) is 5.89 Å². The number of halogens is 2. The van der Waals surface area contributed by atoms with Gasteiger partial charge in [-0.15, -0.1) is 0 Å². The summed E-state index contributed by atoms with van der Waals surface area (Å²) in [6, 6.07) is 4.52. The SMILES string of the molecule is CCCNC(C)c1ncc(-c2ccc(F)c(Cl)c2)o1. The number of benzene rings is 1. The second kappa shape index (κ2) is 6.17. The average Bonchev–Trinajstić information content (AvgIpc) is 2.89. The predicted octanol–water partition coefficient (Wildman–Crippen LogP) is 4.19. The fraction of sp³-hybridized carbons (Fsp3) is 0.357. The van der Waals surface area contributed by atoms with E-state index in [-0.39, 0.29) is 11.1 Å². The van der Waals surface area contributed by atoms with Crippen molar-refractivity contribution in [2.45, 2.75) is 26.3 Å². The summed E-state index contributed by atoms with van der Waals surface area (Å²) in [5, 5.41) is 3.37. The van der Waals surface area contributed by atoms with Gasteiger partial charge in [-0.05, 0) is 38.1 Å². The molecule has 5 heteroatoms. The lowest BCUT2D eigenvalue weighted by Crippen LogP contribution is -2.19. The second-order valence-electron chi connectivity index (χ2n) is 4.37. The Morgan fingerprint density at radius 2 is 2.26 bits per heavy atom. The van der Waals surface area contributed by atoms with E-state index in [9.17, 15) is 4.39 Å². The Morgan fingerprint density at radius 1 is 1.47 bits per heavy atom. The van der Waals surface area contributed by atoms with Gasteiger partial charge in [-0.25, -0.2) is 9.37 Å². The molecule has 0 bridgehead atoms. The highest BCUT2D eigenvalue weighted by Gasteiger charge is 2.13. The van der Waals surface area contributed by atoms with Crippen LogP contribution in [0.2, 0.25) is 5.02 Å². The minimum atomic E-state index is -0.442. The molecule has 1 N–H and O–H groups in total. The van der Waals surface area contributed by atoms with E-state index in [2.05, 4.69) is 17.2 Å². The molecule has 3 nitrogen and oxygen atoms in total. The number of oxazole rings is 1. The molecule has 0 aliphatic carbocycles. The van der Waals surface area contributed by atoms with Crippen LogP contribution < -0.4 is 5.32 Å². The van der Waals surface area contributed by atoms with E-state index in [1.54, 1.807) is 12.3 Å². The standard InChI is InChI=1S/C14H16ClFN2O/c1-3-6-17-9(2)14-18-8-13(19-14)10-4-5-12(16)11(15)7-10/h4-5,7-9,17H,3,6H2,1-2H3. The van der Waals surface area contributed by atoms with E-state index in [1.807, 2.05) is 6.92 Å². The molecule has 0 saturated carbocycles. The Hall–Kier alpha value is -1.39. The number of hydrogen-bond donors (Lipinski definition) is 1. The zero-order valence-electron chi connectivity index (χ0n) is 10.9. The molecule has 0 aliphatic heterocycles. The fourth-order valence-electron chi connectivity index (χ4n) is 1.72. The summed E-state index contributed by atoms with van der Waals surface area (Å²) in [5.41, 5.74) is 0.716. The van der Waals surface area contributed by atoms with E-state index < -0.39 is 5.82 Å². The molecule has 1 atom stereocenters. The molecule has 0 spiro atoms. The molecule has 1 aromatic heterocycles.